The summed E-state index contributed by atoms with van der Waals surface area (Å²) in [6.45, 7) is 2.13. The standard InChI is InChI=1S/C10H12BrFO3S/c1-10(2,6-13)16(14,15)9-5-7(11)3-4-8(9)12/h3-5,13H,6H2,1-2H3. The van der Waals surface area contributed by atoms with E-state index in [9.17, 15) is 12.8 Å². The maximum Gasteiger partial charge on any atom is 0.188 e. The zero-order valence-corrected chi connectivity index (χ0v) is 11.3. The Kier molecular flexibility index (Phi) is 3.76. The van der Waals surface area contributed by atoms with E-state index in [0.717, 1.165) is 6.07 Å². The second-order valence-corrected chi connectivity index (χ2v) is 7.46. The molecule has 0 spiro atoms. The van der Waals surface area contributed by atoms with Crippen LogP contribution in [-0.4, -0.2) is 24.9 Å². The number of hydrogen-bond acceptors (Lipinski definition) is 3. The van der Waals surface area contributed by atoms with E-state index < -0.39 is 31.9 Å². The highest BCUT2D eigenvalue weighted by Gasteiger charge is 2.37. The molecule has 0 saturated carbocycles. The first-order chi connectivity index (χ1) is 7.22. The summed E-state index contributed by atoms with van der Waals surface area (Å²) in [7, 11) is -3.90. The molecule has 1 aromatic rings. The summed E-state index contributed by atoms with van der Waals surface area (Å²) in [5, 5.41) is 9.04. The van der Waals surface area contributed by atoms with Crippen molar-refractivity contribution >= 4 is 25.8 Å². The highest BCUT2D eigenvalue weighted by Crippen LogP contribution is 2.29. The lowest BCUT2D eigenvalue weighted by Gasteiger charge is -2.22. The van der Waals surface area contributed by atoms with Gasteiger partial charge in [0.05, 0.1) is 11.4 Å². The minimum absolute atomic E-state index is 0.402. The van der Waals surface area contributed by atoms with Crippen LogP contribution in [0.15, 0.2) is 27.6 Å². The molecule has 0 aliphatic rings. The van der Waals surface area contributed by atoms with Crippen molar-refractivity contribution in [3.63, 3.8) is 0 Å². The Morgan fingerprint density at radius 3 is 2.50 bits per heavy atom. The maximum absolute atomic E-state index is 13.5. The first kappa shape index (κ1) is 13.6. The normalized spacial score (nSPS) is 12.8. The Morgan fingerprint density at radius 1 is 1.44 bits per heavy atom. The molecule has 0 aliphatic carbocycles. The topological polar surface area (TPSA) is 54.4 Å². The molecule has 0 heterocycles. The molecule has 0 amide bonds. The summed E-state index contributed by atoms with van der Waals surface area (Å²) in [5.74, 6) is -0.815. The first-order valence-corrected chi connectivity index (χ1v) is 6.80. The summed E-state index contributed by atoms with van der Waals surface area (Å²) in [6.07, 6.45) is 0. The molecule has 0 aliphatic heterocycles. The van der Waals surface area contributed by atoms with Crippen molar-refractivity contribution in [1.82, 2.24) is 0 Å². The minimum atomic E-state index is -3.90. The average Bonchev–Trinajstić information content (AvgIpc) is 2.21. The lowest BCUT2D eigenvalue weighted by Crippen LogP contribution is -2.36. The summed E-state index contributed by atoms with van der Waals surface area (Å²) >= 11 is 3.08. The van der Waals surface area contributed by atoms with Gasteiger partial charge in [-0.15, -0.1) is 0 Å². The molecule has 1 N–H and O–H groups in total. The van der Waals surface area contributed by atoms with Gasteiger partial charge in [0.1, 0.15) is 10.7 Å². The van der Waals surface area contributed by atoms with E-state index in [1.165, 1.54) is 26.0 Å². The molecule has 0 fully saturated rings. The number of aliphatic hydroxyl groups excluding tert-OH is 1. The first-order valence-electron chi connectivity index (χ1n) is 4.53. The van der Waals surface area contributed by atoms with E-state index in [-0.39, 0.29) is 0 Å². The van der Waals surface area contributed by atoms with Gasteiger partial charge in [-0.1, -0.05) is 15.9 Å². The van der Waals surface area contributed by atoms with Crippen LogP contribution in [0.1, 0.15) is 13.8 Å². The molecule has 1 rings (SSSR count). The molecule has 3 nitrogen and oxygen atoms in total. The highest BCUT2D eigenvalue weighted by molar-refractivity contribution is 9.10. The van der Waals surface area contributed by atoms with Crippen LogP contribution in [0.3, 0.4) is 0 Å². The van der Waals surface area contributed by atoms with Gasteiger partial charge in [-0.3, -0.25) is 0 Å². The van der Waals surface area contributed by atoms with Crippen LogP contribution in [0.2, 0.25) is 0 Å². The predicted molar refractivity (Wildman–Crippen MR) is 62.5 cm³/mol. The van der Waals surface area contributed by atoms with E-state index in [2.05, 4.69) is 15.9 Å². The molecule has 0 saturated heterocycles. The lowest BCUT2D eigenvalue weighted by molar-refractivity contribution is 0.258. The smallest absolute Gasteiger partial charge is 0.188 e. The summed E-state index contributed by atoms with van der Waals surface area (Å²) in [4.78, 5) is -0.402. The summed E-state index contributed by atoms with van der Waals surface area (Å²) in [5.41, 5.74) is 0. The lowest BCUT2D eigenvalue weighted by atomic mass is 10.2. The molecule has 90 valence electrons. The highest BCUT2D eigenvalue weighted by atomic mass is 79.9. The van der Waals surface area contributed by atoms with Crippen molar-refractivity contribution in [2.75, 3.05) is 6.61 Å². The van der Waals surface area contributed by atoms with Crippen molar-refractivity contribution < 1.29 is 17.9 Å². The van der Waals surface area contributed by atoms with Crippen LogP contribution in [0.4, 0.5) is 4.39 Å². The molecule has 0 unspecified atom stereocenters. The van der Waals surface area contributed by atoms with E-state index in [1.807, 2.05) is 0 Å². The molecule has 0 atom stereocenters. The molecule has 16 heavy (non-hydrogen) atoms. The maximum atomic E-state index is 13.5. The van der Waals surface area contributed by atoms with E-state index in [0.29, 0.717) is 4.47 Å². The van der Waals surface area contributed by atoms with E-state index in [4.69, 9.17) is 5.11 Å². The fraction of sp³-hybridized carbons (Fsp3) is 0.400. The zero-order chi connectivity index (χ0) is 12.6. The van der Waals surface area contributed by atoms with Gasteiger partial charge in [0.15, 0.2) is 9.84 Å². The monoisotopic (exact) mass is 310 g/mol. The van der Waals surface area contributed by atoms with E-state index in [1.54, 1.807) is 0 Å². The molecule has 0 bridgehead atoms. The number of sulfone groups is 1. The second-order valence-electron chi connectivity index (χ2n) is 4.00. The van der Waals surface area contributed by atoms with Gasteiger partial charge in [0.25, 0.3) is 0 Å². The quantitative estimate of drug-likeness (QED) is 0.930. The fourth-order valence-electron chi connectivity index (χ4n) is 1.07. The average molecular weight is 311 g/mol. The molecule has 0 aromatic heterocycles. The number of benzene rings is 1. The number of rotatable bonds is 3. The largest absolute Gasteiger partial charge is 0.395 e. The van der Waals surface area contributed by atoms with Gasteiger partial charge in [0, 0.05) is 4.47 Å². The van der Waals surface area contributed by atoms with Gasteiger partial charge in [0.2, 0.25) is 0 Å². The van der Waals surface area contributed by atoms with Gasteiger partial charge in [-0.2, -0.15) is 0 Å². The number of hydrogen-bond donors (Lipinski definition) is 1. The van der Waals surface area contributed by atoms with Gasteiger partial charge in [-0.25, -0.2) is 12.8 Å². The Balaban J connectivity index is 3.44. The SMILES string of the molecule is CC(C)(CO)S(=O)(=O)c1cc(Br)ccc1F. The van der Waals surface area contributed by atoms with Gasteiger partial charge >= 0.3 is 0 Å². The van der Waals surface area contributed by atoms with Crippen LogP contribution in [0, 0.1) is 5.82 Å². The Bertz CT molecular complexity index is 497. The third-order valence-electron chi connectivity index (χ3n) is 2.29. The number of aliphatic hydroxyl groups is 1. The molecule has 1 aromatic carbocycles. The van der Waals surface area contributed by atoms with Crippen LogP contribution >= 0.6 is 15.9 Å². The Morgan fingerprint density at radius 2 is 2.00 bits per heavy atom. The van der Waals surface area contributed by atoms with Crippen LogP contribution in [-0.2, 0) is 9.84 Å². The van der Waals surface area contributed by atoms with Crippen molar-refractivity contribution in [2.24, 2.45) is 0 Å². The van der Waals surface area contributed by atoms with E-state index >= 15 is 0 Å². The predicted octanol–water partition coefficient (Wildman–Crippen LogP) is 2.13. The Labute approximate surface area is 102 Å². The third-order valence-corrected chi connectivity index (χ3v) is 5.26. The van der Waals surface area contributed by atoms with Crippen molar-refractivity contribution in [1.29, 1.82) is 0 Å². The molecular formula is C10H12BrFO3S. The van der Waals surface area contributed by atoms with Gasteiger partial charge < -0.3 is 5.11 Å². The minimum Gasteiger partial charge on any atom is -0.395 e. The van der Waals surface area contributed by atoms with Crippen molar-refractivity contribution in [3.05, 3.63) is 28.5 Å². The van der Waals surface area contributed by atoms with Crippen LogP contribution in [0.5, 0.6) is 0 Å². The van der Waals surface area contributed by atoms with Crippen molar-refractivity contribution in [2.45, 2.75) is 23.5 Å². The van der Waals surface area contributed by atoms with Gasteiger partial charge in [-0.05, 0) is 32.0 Å². The summed E-state index contributed by atoms with van der Waals surface area (Å²) in [6, 6.07) is 3.69. The summed E-state index contributed by atoms with van der Waals surface area (Å²) < 4.78 is 36.6. The second kappa shape index (κ2) is 4.43. The third kappa shape index (κ3) is 2.28. The fourth-order valence-corrected chi connectivity index (χ4v) is 2.95. The zero-order valence-electron chi connectivity index (χ0n) is 8.87. The molecule has 6 heteroatoms. The molecular weight excluding hydrogens is 299 g/mol. The van der Waals surface area contributed by atoms with Crippen LogP contribution < -0.4 is 0 Å². The molecule has 0 radical (unpaired) electrons. The van der Waals surface area contributed by atoms with Crippen LogP contribution in [0.25, 0.3) is 0 Å². The van der Waals surface area contributed by atoms with Crippen molar-refractivity contribution in [3.8, 4) is 0 Å². The Hall–Kier alpha value is -0.460. The number of halogens is 2.